The van der Waals surface area contributed by atoms with Crippen LogP contribution in [0.25, 0.3) is 0 Å². The molecule has 0 amide bonds. The number of non-ortho nitro benzene ring substituents is 1. The van der Waals surface area contributed by atoms with E-state index >= 15 is 0 Å². The Bertz CT molecular complexity index is 886. The lowest BCUT2D eigenvalue weighted by Crippen LogP contribution is -2.31. The first-order valence-electron chi connectivity index (χ1n) is 7.43. The minimum Gasteiger partial charge on any atom is -0.495 e. The highest BCUT2D eigenvalue weighted by atomic mass is 35.5. The molecule has 0 heterocycles. The third-order valence-corrected chi connectivity index (χ3v) is 5.68. The molecule has 0 fully saturated rings. The molecule has 0 aliphatic heterocycles. The average Bonchev–Trinajstić information content (AvgIpc) is 2.62. The highest BCUT2D eigenvalue weighted by molar-refractivity contribution is 7.89. The standard InChI is InChI=1S/C16H17ClN2O6S/c1-18(9-10-25-14-6-3-12(17)4-7-14)26(22,23)16-8-5-13(19(20)21)11-15(16)24-2/h3-8,11H,9-10H2,1-2H3. The molecule has 0 aromatic heterocycles. The number of nitrogens with zero attached hydrogens (tertiary/aromatic N) is 2. The lowest BCUT2D eigenvalue weighted by atomic mass is 10.3. The van der Waals surface area contributed by atoms with Crippen LogP contribution in [-0.2, 0) is 10.0 Å². The SMILES string of the molecule is COc1cc([N+](=O)[O-])ccc1S(=O)(=O)N(C)CCOc1ccc(Cl)cc1. The molecule has 8 nitrogen and oxygen atoms in total. The lowest BCUT2D eigenvalue weighted by molar-refractivity contribution is -0.385. The van der Waals surface area contributed by atoms with Crippen molar-refractivity contribution in [2.24, 2.45) is 0 Å². The summed E-state index contributed by atoms with van der Waals surface area (Å²) in [5.41, 5.74) is -0.255. The van der Waals surface area contributed by atoms with Gasteiger partial charge < -0.3 is 9.47 Å². The van der Waals surface area contributed by atoms with Gasteiger partial charge in [0.05, 0.1) is 18.1 Å². The molecule has 0 atom stereocenters. The van der Waals surface area contributed by atoms with Crippen molar-refractivity contribution < 1.29 is 22.8 Å². The first kappa shape index (κ1) is 20.0. The molecule has 0 bridgehead atoms. The summed E-state index contributed by atoms with van der Waals surface area (Å²) < 4.78 is 36.9. The normalized spacial score (nSPS) is 11.4. The second-order valence-corrected chi connectivity index (χ2v) is 7.67. The molecule has 2 rings (SSSR count). The van der Waals surface area contributed by atoms with Gasteiger partial charge in [0.1, 0.15) is 23.0 Å². The molecule has 0 N–H and O–H groups in total. The first-order valence-corrected chi connectivity index (χ1v) is 9.24. The molecule has 0 unspecified atom stereocenters. The third-order valence-electron chi connectivity index (χ3n) is 3.53. The van der Waals surface area contributed by atoms with Gasteiger partial charge in [0.25, 0.3) is 5.69 Å². The van der Waals surface area contributed by atoms with Crippen LogP contribution in [0.5, 0.6) is 11.5 Å². The minimum absolute atomic E-state index is 0.0745. The van der Waals surface area contributed by atoms with Crippen molar-refractivity contribution in [3.05, 3.63) is 57.6 Å². The Kier molecular flexibility index (Phi) is 6.41. The van der Waals surface area contributed by atoms with Crippen LogP contribution in [0.2, 0.25) is 5.02 Å². The van der Waals surface area contributed by atoms with Crippen LogP contribution >= 0.6 is 11.6 Å². The van der Waals surface area contributed by atoms with Crippen molar-refractivity contribution >= 4 is 27.3 Å². The largest absolute Gasteiger partial charge is 0.495 e. The molecule has 0 saturated heterocycles. The Labute approximate surface area is 156 Å². The fourth-order valence-electron chi connectivity index (χ4n) is 2.09. The van der Waals surface area contributed by atoms with E-state index in [9.17, 15) is 18.5 Å². The van der Waals surface area contributed by atoms with Gasteiger partial charge in [0, 0.05) is 24.7 Å². The Balaban J connectivity index is 2.10. The van der Waals surface area contributed by atoms with Crippen molar-refractivity contribution in [1.82, 2.24) is 4.31 Å². The van der Waals surface area contributed by atoms with E-state index in [1.165, 1.54) is 14.2 Å². The number of sulfonamides is 1. The Morgan fingerprint density at radius 3 is 2.42 bits per heavy atom. The maximum absolute atomic E-state index is 12.7. The van der Waals surface area contributed by atoms with E-state index in [4.69, 9.17) is 21.1 Å². The molecule has 10 heteroatoms. The highest BCUT2D eigenvalue weighted by Crippen LogP contribution is 2.30. The number of halogens is 1. The van der Waals surface area contributed by atoms with E-state index in [-0.39, 0.29) is 29.5 Å². The van der Waals surface area contributed by atoms with Crippen molar-refractivity contribution in [3.8, 4) is 11.5 Å². The van der Waals surface area contributed by atoms with Crippen molar-refractivity contribution in [1.29, 1.82) is 0 Å². The van der Waals surface area contributed by atoms with Crippen LogP contribution in [0.3, 0.4) is 0 Å². The third kappa shape index (κ3) is 4.63. The van der Waals surface area contributed by atoms with Gasteiger partial charge in [-0.25, -0.2) is 8.42 Å². The van der Waals surface area contributed by atoms with Crippen LogP contribution in [0.15, 0.2) is 47.4 Å². The van der Waals surface area contributed by atoms with Gasteiger partial charge in [0.15, 0.2) is 0 Å². The predicted octanol–water partition coefficient (Wildman–Crippen LogP) is 2.96. The van der Waals surface area contributed by atoms with Gasteiger partial charge in [-0.15, -0.1) is 0 Å². The summed E-state index contributed by atoms with van der Waals surface area (Å²) in [5.74, 6) is 0.470. The van der Waals surface area contributed by atoms with Crippen molar-refractivity contribution in [3.63, 3.8) is 0 Å². The summed E-state index contributed by atoms with van der Waals surface area (Å²) in [6.45, 7) is 0.192. The number of likely N-dealkylation sites (N-methyl/N-ethyl adjacent to an activating group) is 1. The smallest absolute Gasteiger partial charge is 0.273 e. The monoisotopic (exact) mass is 400 g/mol. The zero-order valence-electron chi connectivity index (χ0n) is 14.1. The van der Waals surface area contributed by atoms with E-state index in [2.05, 4.69) is 0 Å². The van der Waals surface area contributed by atoms with Crippen LogP contribution < -0.4 is 9.47 Å². The second kappa shape index (κ2) is 8.35. The van der Waals surface area contributed by atoms with Gasteiger partial charge in [0.2, 0.25) is 10.0 Å². The quantitative estimate of drug-likeness (QED) is 0.499. The number of ether oxygens (including phenoxy) is 2. The molecular formula is C16H17ClN2O6S. The Morgan fingerprint density at radius 2 is 1.85 bits per heavy atom. The molecule has 0 aliphatic rings. The Hall–Kier alpha value is -2.36. The molecule has 26 heavy (non-hydrogen) atoms. The van der Waals surface area contributed by atoms with Crippen molar-refractivity contribution in [2.75, 3.05) is 27.3 Å². The summed E-state index contributed by atoms with van der Waals surface area (Å²) in [7, 11) is -1.26. The first-order chi connectivity index (χ1) is 12.3. The zero-order chi connectivity index (χ0) is 19.3. The molecule has 0 radical (unpaired) electrons. The predicted molar refractivity (Wildman–Crippen MR) is 96.4 cm³/mol. The van der Waals surface area contributed by atoms with E-state index in [0.29, 0.717) is 10.8 Å². The molecule has 0 spiro atoms. The summed E-state index contributed by atoms with van der Waals surface area (Å²) >= 11 is 5.79. The molecule has 2 aromatic carbocycles. The number of nitro groups is 1. The number of benzene rings is 2. The van der Waals surface area contributed by atoms with Gasteiger partial charge in [-0.05, 0) is 30.3 Å². The molecule has 0 saturated carbocycles. The van der Waals surface area contributed by atoms with E-state index < -0.39 is 14.9 Å². The van der Waals surface area contributed by atoms with Gasteiger partial charge in [-0.2, -0.15) is 4.31 Å². The highest BCUT2D eigenvalue weighted by Gasteiger charge is 2.26. The van der Waals surface area contributed by atoms with Gasteiger partial charge in [-0.1, -0.05) is 11.6 Å². The summed E-state index contributed by atoms with van der Waals surface area (Å²) in [6.07, 6.45) is 0. The summed E-state index contributed by atoms with van der Waals surface area (Å²) in [4.78, 5) is 10.1. The van der Waals surface area contributed by atoms with Crippen LogP contribution in [0.1, 0.15) is 0 Å². The van der Waals surface area contributed by atoms with E-state index in [1.54, 1.807) is 24.3 Å². The molecular weight excluding hydrogens is 384 g/mol. The number of hydrogen-bond acceptors (Lipinski definition) is 6. The van der Waals surface area contributed by atoms with E-state index in [1.807, 2.05) is 0 Å². The molecule has 2 aromatic rings. The average molecular weight is 401 g/mol. The zero-order valence-corrected chi connectivity index (χ0v) is 15.7. The van der Waals surface area contributed by atoms with Crippen molar-refractivity contribution in [2.45, 2.75) is 4.90 Å². The number of nitro benzene ring substituents is 1. The van der Waals surface area contributed by atoms with Gasteiger partial charge in [-0.3, -0.25) is 10.1 Å². The molecule has 140 valence electrons. The second-order valence-electron chi connectivity index (χ2n) is 5.22. The number of rotatable bonds is 8. The van der Waals surface area contributed by atoms with Gasteiger partial charge >= 0.3 is 0 Å². The van der Waals surface area contributed by atoms with E-state index in [0.717, 1.165) is 22.5 Å². The van der Waals surface area contributed by atoms with Crippen LogP contribution in [0.4, 0.5) is 5.69 Å². The number of methoxy groups -OCH3 is 1. The number of hydrogen-bond donors (Lipinski definition) is 0. The summed E-state index contributed by atoms with van der Waals surface area (Å²) in [5, 5.41) is 11.4. The minimum atomic E-state index is -3.90. The topological polar surface area (TPSA) is 99.0 Å². The lowest BCUT2D eigenvalue weighted by Gasteiger charge is -2.19. The maximum atomic E-state index is 12.7. The fraction of sp³-hybridized carbons (Fsp3) is 0.250. The summed E-state index contributed by atoms with van der Waals surface area (Å²) in [6, 6.07) is 10.0. The van der Waals surface area contributed by atoms with Crippen LogP contribution in [0, 0.1) is 10.1 Å². The molecule has 0 aliphatic carbocycles. The Morgan fingerprint density at radius 1 is 1.19 bits per heavy atom. The fourth-order valence-corrected chi connectivity index (χ4v) is 3.51. The van der Waals surface area contributed by atoms with Crippen LogP contribution in [-0.4, -0.2) is 45.0 Å². The maximum Gasteiger partial charge on any atom is 0.273 e.